The van der Waals surface area contributed by atoms with E-state index in [0.29, 0.717) is 0 Å². The summed E-state index contributed by atoms with van der Waals surface area (Å²) in [6, 6.07) is 9.88. The number of hydrogen-bond acceptors (Lipinski definition) is 2. The molecular formula is C15H25ClN2O. The molecule has 1 aromatic carbocycles. The van der Waals surface area contributed by atoms with E-state index in [1.807, 2.05) is 36.9 Å². The summed E-state index contributed by atoms with van der Waals surface area (Å²) in [7, 11) is 0. The fourth-order valence-electron chi connectivity index (χ4n) is 2.00. The smallest absolute Gasteiger partial charge is 0.239 e. The maximum atomic E-state index is 12.1. The third-order valence-corrected chi connectivity index (χ3v) is 3.12. The molecule has 0 bridgehead atoms. The van der Waals surface area contributed by atoms with Gasteiger partial charge in [-0.3, -0.25) is 4.79 Å². The molecule has 1 amide bonds. The number of halogens is 1. The first-order valence-electron chi connectivity index (χ1n) is 6.77. The van der Waals surface area contributed by atoms with E-state index in [2.05, 4.69) is 12.1 Å². The highest BCUT2D eigenvalue weighted by atomic mass is 35.5. The second kappa shape index (κ2) is 9.82. The molecule has 1 unspecified atom stereocenters. The highest BCUT2D eigenvalue weighted by Gasteiger charge is 2.18. The van der Waals surface area contributed by atoms with Crippen molar-refractivity contribution < 1.29 is 4.79 Å². The van der Waals surface area contributed by atoms with Gasteiger partial charge in [-0.15, -0.1) is 12.4 Å². The highest BCUT2D eigenvalue weighted by Crippen LogP contribution is 2.04. The Labute approximate surface area is 122 Å². The summed E-state index contributed by atoms with van der Waals surface area (Å²) in [6.45, 7) is 5.52. The largest absolute Gasteiger partial charge is 0.341 e. The van der Waals surface area contributed by atoms with Gasteiger partial charge in [0.2, 0.25) is 5.91 Å². The Balaban J connectivity index is 0.00000324. The zero-order chi connectivity index (χ0) is 13.4. The number of nitrogens with zero attached hydrogens (tertiary/aromatic N) is 1. The van der Waals surface area contributed by atoms with E-state index >= 15 is 0 Å². The number of benzene rings is 1. The number of carbonyl (C=O) groups excluding carboxylic acids is 1. The molecule has 0 aliphatic rings. The predicted octanol–water partition coefficient (Wildman–Crippen LogP) is 2.63. The number of amides is 1. The molecule has 0 saturated carbocycles. The quantitative estimate of drug-likeness (QED) is 0.837. The van der Waals surface area contributed by atoms with Crippen LogP contribution in [0.5, 0.6) is 0 Å². The zero-order valence-electron chi connectivity index (χ0n) is 11.8. The van der Waals surface area contributed by atoms with Crippen LogP contribution in [0, 0.1) is 0 Å². The average Bonchev–Trinajstić information content (AvgIpc) is 2.40. The Bertz CT molecular complexity index is 356. The molecule has 1 aromatic rings. The van der Waals surface area contributed by atoms with Crippen LogP contribution in [0.1, 0.15) is 32.3 Å². The van der Waals surface area contributed by atoms with Gasteiger partial charge in [0.25, 0.3) is 0 Å². The van der Waals surface area contributed by atoms with Crippen molar-refractivity contribution in [3.05, 3.63) is 35.9 Å². The van der Waals surface area contributed by atoms with Crippen molar-refractivity contribution in [2.75, 3.05) is 13.1 Å². The highest BCUT2D eigenvalue weighted by molar-refractivity contribution is 5.85. The summed E-state index contributed by atoms with van der Waals surface area (Å²) < 4.78 is 0. The minimum atomic E-state index is -0.342. The standard InChI is InChI=1S/C15H24N2O.ClH/c1-3-8-14(16)15(18)17(4-2)12-11-13-9-6-5-7-10-13;/h5-7,9-10,14H,3-4,8,11-12,16H2,1-2H3;1H. The van der Waals surface area contributed by atoms with Crippen molar-refractivity contribution in [3.63, 3.8) is 0 Å². The van der Waals surface area contributed by atoms with Crippen molar-refractivity contribution in [2.45, 2.75) is 39.2 Å². The molecule has 1 rings (SSSR count). The molecule has 0 heterocycles. The second-order valence-corrected chi connectivity index (χ2v) is 4.55. The van der Waals surface area contributed by atoms with E-state index in [9.17, 15) is 4.79 Å². The lowest BCUT2D eigenvalue weighted by Crippen LogP contribution is -2.44. The Kier molecular flexibility index (Phi) is 9.27. The van der Waals surface area contributed by atoms with Gasteiger partial charge in [0.15, 0.2) is 0 Å². The molecule has 4 heteroatoms. The van der Waals surface area contributed by atoms with Crippen LogP contribution < -0.4 is 5.73 Å². The Morgan fingerprint density at radius 3 is 2.42 bits per heavy atom. The third kappa shape index (κ3) is 6.08. The lowest BCUT2D eigenvalue weighted by molar-refractivity contribution is -0.132. The van der Waals surface area contributed by atoms with E-state index in [0.717, 1.165) is 32.4 Å². The van der Waals surface area contributed by atoms with Gasteiger partial charge in [-0.2, -0.15) is 0 Å². The molecule has 0 spiro atoms. The van der Waals surface area contributed by atoms with E-state index in [1.165, 1.54) is 5.56 Å². The summed E-state index contributed by atoms with van der Waals surface area (Å²) in [5.41, 5.74) is 7.14. The van der Waals surface area contributed by atoms with Gasteiger partial charge in [0.05, 0.1) is 6.04 Å². The Morgan fingerprint density at radius 2 is 1.89 bits per heavy atom. The predicted molar refractivity (Wildman–Crippen MR) is 82.5 cm³/mol. The Hall–Kier alpha value is -1.06. The third-order valence-electron chi connectivity index (χ3n) is 3.12. The van der Waals surface area contributed by atoms with Gasteiger partial charge >= 0.3 is 0 Å². The zero-order valence-corrected chi connectivity index (χ0v) is 12.7. The van der Waals surface area contributed by atoms with Gasteiger partial charge in [-0.25, -0.2) is 0 Å². The van der Waals surface area contributed by atoms with Gasteiger partial charge in [0, 0.05) is 13.1 Å². The van der Waals surface area contributed by atoms with E-state index in [1.54, 1.807) is 0 Å². The molecular weight excluding hydrogens is 260 g/mol. The van der Waals surface area contributed by atoms with Gasteiger partial charge in [-0.1, -0.05) is 43.7 Å². The minimum Gasteiger partial charge on any atom is -0.341 e. The van der Waals surface area contributed by atoms with Crippen LogP contribution in [-0.4, -0.2) is 29.9 Å². The summed E-state index contributed by atoms with van der Waals surface area (Å²) in [5.74, 6) is 0.0790. The number of likely N-dealkylation sites (N-methyl/N-ethyl adjacent to an activating group) is 1. The normalized spacial score (nSPS) is 11.5. The van der Waals surface area contributed by atoms with Crippen LogP contribution in [0.2, 0.25) is 0 Å². The molecule has 3 nitrogen and oxygen atoms in total. The maximum absolute atomic E-state index is 12.1. The maximum Gasteiger partial charge on any atom is 0.239 e. The van der Waals surface area contributed by atoms with Crippen molar-refractivity contribution in [1.82, 2.24) is 4.90 Å². The molecule has 0 aromatic heterocycles. The monoisotopic (exact) mass is 284 g/mol. The minimum absolute atomic E-state index is 0. The average molecular weight is 285 g/mol. The fraction of sp³-hybridized carbons (Fsp3) is 0.533. The number of hydrogen-bond donors (Lipinski definition) is 1. The van der Waals surface area contributed by atoms with Crippen LogP contribution in [0.25, 0.3) is 0 Å². The summed E-state index contributed by atoms with van der Waals surface area (Å²) in [4.78, 5) is 13.9. The van der Waals surface area contributed by atoms with E-state index in [4.69, 9.17) is 5.73 Å². The lowest BCUT2D eigenvalue weighted by Gasteiger charge is -2.24. The van der Waals surface area contributed by atoms with Crippen LogP contribution in [-0.2, 0) is 11.2 Å². The Morgan fingerprint density at radius 1 is 1.26 bits per heavy atom. The first-order valence-corrected chi connectivity index (χ1v) is 6.77. The summed E-state index contributed by atoms with van der Waals surface area (Å²) >= 11 is 0. The van der Waals surface area contributed by atoms with Gasteiger partial charge < -0.3 is 10.6 Å². The van der Waals surface area contributed by atoms with Crippen LogP contribution >= 0.6 is 12.4 Å². The summed E-state index contributed by atoms with van der Waals surface area (Å²) in [6.07, 6.45) is 2.60. The van der Waals surface area contributed by atoms with E-state index < -0.39 is 0 Å². The topological polar surface area (TPSA) is 46.3 Å². The van der Waals surface area contributed by atoms with Crippen molar-refractivity contribution in [3.8, 4) is 0 Å². The molecule has 19 heavy (non-hydrogen) atoms. The molecule has 0 aliphatic heterocycles. The number of nitrogens with two attached hydrogens (primary N) is 1. The number of rotatable bonds is 7. The first-order chi connectivity index (χ1) is 8.69. The molecule has 0 aliphatic carbocycles. The molecule has 0 radical (unpaired) electrons. The molecule has 1 atom stereocenters. The molecule has 0 fully saturated rings. The van der Waals surface area contributed by atoms with Crippen molar-refractivity contribution >= 4 is 18.3 Å². The van der Waals surface area contributed by atoms with Crippen molar-refractivity contribution in [2.24, 2.45) is 5.73 Å². The molecule has 2 N–H and O–H groups in total. The fourth-order valence-corrected chi connectivity index (χ4v) is 2.00. The number of carbonyl (C=O) groups is 1. The van der Waals surface area contributed by atoms with Gasteiger partial charge in [-0.05, 0) is 25.3 Å². The van der Waals surface area contributed by atoms with Crippen LogP contribution in [0.4, 0.5) is 0 Å². The van der Waals surface area contributed by atoms with Crippen LogP contribution in [0.3, 0.4) is 0 Å². The van der Waals surface area contributed by atoms with E-state index in [-0.39, 0.29) is 24.4 Å². The van der Waals surface area contributed by atoms with Crippen LogP contribution in [0.15, 0.2) is 30.3 Å². The van der Waals surface area contributed by atoms with Gasteiger partial charge in [0.1, 0.15) is 0 Å². The summed E-state index contributed by atoms with van der Waals surface area (Å²) in [5, 5.41) is 0. The SMILES string of the molecule is CCCC(N)C(=O)N(CC)CCc1ccccc1.Cl. The molecule has 0 saturated heterocycles. The second-order valence-electron chi connectivity index (χ2n) is 4.55. The van der Waals surface area contributed by atoms with Crippen molar-refractivity contribution in [1.29, 1.82) is 0 Å². The lowest BCUT2D eigenvalue weighted by atomic mass is 10.1. The molecule has 108 valence electrons. The first kappa shape index (κ1) is 17.9.